The molecule has 0 spiro atoms. The first kappa shape index (κ1) is 19.7. The Bertz CT molecular complexity index is 660. The number of ether oxygens (including phenoxy) is 1. The highest BCUT2D eigenvalue weighted by Crippen LogP contribution is 2.39. The summed E-state index contributed by atoms with van der Waals surface area (Å²) in [6, 6.07) is 0. The van der Waals surface area contributed by atoms with Crippen molar-refractivity contribution in [3.8, 4) is 0 Å². The molecule has 0 amide bonds. The molecule has 138 valence electrons. The van der Waals surface area contributed by atoms with E-state index in [0.717, 1.165) is 0 Å². The molecule has 2 rings (SSSR count). The normalized spacial score (nSPS) is 20.0. The smallest absolute Gasteiger partial charge is 0.459 e. The molecule has 1 aliphatic rings. The van der Waals surface area contributed by atoms with Crippen LogP contribution in [0.1, 0.15) is 54.0 Å². The maximum Gasteiger partial charge on any atom is 0.525 e. The summed E-state index contributed by atoms with van der Waals surface area (Å²) in [5.74, 6) is -0.405. The maximum absolute atomic E-state index is 14.5. The van der Waals surface area contributed by atoms with Gasteiger partial charge in [0.25, 0.3) is 0 Å². The molecular weight excluding hydrogens is 326 g/mol. The van der Waals surface area contributed by atoms with Crippen LogP contribution in [0.5, 0.6) is 0 Å². The van der Waals surface area contributed by atoms with Gasteiger partial charge >= 0.3 is 13.1 Å². The fourth-order valence-corrected chi connectivity index (χ4v) is 2.23. The van der Waals surface area contributed by atoms with Crippen molar-refractivity contribution in [2.75, 3.05) is 0 Å². The fourth-order valence-electron chi connectivity index (χ4n) is 2.23. The van der Waals surface area contributed by atoms with Crippen LogP contribution in [0.2, 0.25) is 0 Å². The van der Waals surface area contributed by atoms with Gasteiger partial charge in [0.2, 0.25) is 0 Å². The molecule has 0 radical (unpaired) electrons. The Morgan fingerprint density at radius 2 is 1.88 bits per heavy atom. The number of hydrogen-bond donors (Lipinski definition) is 0. The predicted octanol–water partition coefficient (Wildman–Crippen LogP) is 3.17. The Labute approximate surface area is 148 Å². The number of halogens is 1. The molecule has 6 nitrogen and oxygen atoms in total. The first-order chi connectivity index (χ1) is 11.3. The molecule has 0 aromatic carbocycles. The topological polar surface area (TPSA) is 62.6 Å². The van der Waals surface area contributed by atoms with Crippen LogP contribution in [-0.2, 0) is 25.4 Å². The Morgan fingerprint density at radius 1 is 1.32 bits per heavy atom. The number of nitrogens with zero attached hydrogens (tertiary/aromatic N) is 2. The number of carbonyl (C=O) groups excluding carboxylic acids is 1. The minimum atomic E-state index is -1.06. The van der Waals surface area contributed by atoms with Gasteiger partial charge in [0, 0.05) is 11.8 Å². The van der Waals surface area contributed by atoms with Crippen LogP contribution in [0, 0.1) is 0 Å². The van der Waals surface area contributed by atoms with Gasteiger partial charge in [-0.1, -0.05) is 0 Å². The molecule has 0 unspecified atom stereocenters. The van der Waals surface area contributed by atoms with E-state index in [1.807, 2.05) is 27.7 Å². The van der Waals surface area contributed by atoms with E-state index in [1.54, 1.807) is 27.0 Å². The Morgan fingerprint density at radius 3 is 2.40 bits per heavy atom. The van der Waals surface area contributed by atoms with Crippen LogP contribution in [-0.4, -0.2) is 39.7 Å². The lowest BCUT2D eigenvalue weighted by atomic mass is 9.87. The van der Waals surface area contributed by atoms with Crippen LogP contribution >= 0.6 is 0 Å². The van der Waals surface area contributed by atoms with E-state index >= 15 is 0 Å². The summed E-state index contributed by atoms with van der Waals surface area (Å²) in [6.45, 7) is 12.8. The first-order valence-electron chi connectivity index (χ1n) is 8.26. The van der Waals surface area contributed by atoms with E-state index in [0.29, 0.717) is 5.56 Å². The van der Waals surface area contributed by atoms with E-state index in [1.165, 1.54) is 17.0 Å². The van der Waals surface area contributed by atoms with Crippen molar-refractivity contribution >= 4 is 19.2 Å². The molecule has 0 aliphatic carbocycles. The van der Waals surface area contributed by atoms with Crippen molar-refractivity contribution in [3.05, 3.63) is 23.7 Å². The summed E-state index contributed by atoms with van der Waals surface area (Å²) in [5.41, 5.74) is -1.81. The van der Waals surface area contributed by atoms with Gasteiger partial charge in [0.15, 0.2) is 0 Å². The molecule has 1 aromatic heterocycles. The highest BCUT2D eigenvalue weighted by molar-refractivity contribution is 6.54. The summed E-state index contributed by atoms with van der Waals surface area (Å²) in [5, 5.41) is 4.05. The van der Waals surface area contributed by atoms with Crippen LogP contribution in [0.25, 0.3) is 6.08 Å². The van der Waals surface area contributed by atoms with Gasteiger partial charge in [0.1, 0.15) is 17.9 Å². The second-order valence-corrected chi connectivity index (χ2v) is 8.18. The molecule has 1 saturated heterocycles. The van der Waals surface area contributed by atoms with Gasteiger partial charge in [-0.15, -0.1) is 0 Å². The molecule has 25 heavy (non-hydrogen) atoms. The van der Waals surface area contributed by atoms with Gasteiger partial charge in [-0.25, -0.2) is 4.39 Å². The third kappa shape index (κ3) is 4.92. The molecular formula is C17H26BFN2O4. The SMILES string of the molecule is CC(C)(C)OC(=O)Cn1cc(C=C(F)B2OC(C)(C)C(C)(C)O2)cn1. The largest absolute Gasteiger partial charge is 0.525 e. The van der Waals surface area contributed by atoms with Crippen LogP contribution in [0.3, 0.4) is 0 Å². The third-order valence-electron chi connectivity index (χ3n) is 4.15. The average molecular weight is 352 g/mol. The molecule has 0 N–H and O–H groups in total. The monoisotopic (exact) mass is 352 g/mol. The first-order valence-corrected chi connectivity index (χ1v) is 8.26. The Balaban J connectivity index is 2.03. The highest BCUT2D eigenvalue weighted by Gasteiger charge is 2.53. The van der Waals surface area contributed by atoms with E-state index in [4.69, 9.17) is 14.0 Å². The number of carbonyl (C=O) groups is 1. The maximum atomic E-state index is 14.5. The Kier molecular flexibility index (Phi) is 5.17. The van der Waals surface area contributed by atoms with Crippen LogP contribution in [0.4, 0.5) is 4.39 Å². The molecule has 1 fully saturated rings. The fraction of sp³-hybridized carbons (Fsp3) is 0.647. The third-order valence-corrected chi connectivity index (χ3v) is 4.15. The van der Waals surface area contributed by atoms with Gasteiger partial charge in [-0.05, 0) is 54.5 Å². The zero-order valence-corrected chi connectivity index (χ0v) is 15.9. The number of rotatable bonds is 4. The Hall–Kier alpha value is -1.67. The summed E-state index contributed by atoms with van der Waals surface area (Å²) in [7, 11) is -1.06. The van der Waals surface area contributed by atoms with E-state index in [-0.39, 0.29) is 6.54 Å². The zero-order valence-electron chi connectivity index (χ0n) is 15.9. The lowest BCUT2D eigenvalue weighted by Crippen LogP contribution is -2.41. The minimum Gasteiger partial charge on any atom is -0.459 e. The summed E-state index contributed by atoms with van der Waals surface area (Å²) in [6.07, 6.45) is 4.32. The van der Waals surface area contributed by atoms with Crippen molar-refractivity contribution in [1.82, 2.24) is 9.78 Å². The summed E-state index contributed by atoms with van der Waals surface area (Å²) >= 11 is 0. The summed E-state index contributed by atoms with van der Waals surface area (Å²) < 4.78 is 32.4. The van der Waals surface area contributed by atoms with Crippen molar-refractivity contribution in [2.45, 2.75) is 71.8 Å². The highest BCUT2D eigenvalue weighted by atomic mass is 19.1. The van der Waals surface area contributed by atoms with Crippen molar-refractivity contribution in [3.63, 3.8) is 0 Å². The van der Waals surface area contributed by atoms with Crippen molar-refractivity contribution < 1.29 is 23.2 Å². The number of hydrogen-bond acceptors (Lipinski definition) is 5. The molecule has 8 heteroatoms. The van der Waals surface area contributed by atoms with Gasteiger partial charge in [0.05, 0.1) is 17.4 Å². The lowest BCUT2D eigenvalue weighted by Gasteiger charge is -2.32. The van der Waals surface area contributed by atoms with E-state index in [2.05, 4.69) is 5.10 Å². The second kappa shape index (κ2) is 6.57. The minimum absolute atomic E-state index is 0.0385. The lowest BCUT2D eigenvalue weighted by molar-refractivity contribution is -0.155. The van der Waals surface area contributed by atoms with Crippen LogP contribution < -0.4 is 0 Å². The molecule has 0 atom stereocenters. The molecule has 1 aliphatic heterocycles. The van der Waals surface area contributed by atoms with Gasteiger partial charge in [-0.2, -0.15) is 5.10 Å². The van der Waals surface area contributed by atoms with Gasteiger partial charge in [-0.3, -0.25) is 9.48 Å². The van der Waals surface area contributed by atoms with Crippen molar-refractivity contribution in [1.29, 1.82) is 0 Å². The number of aromatic nitrogens is 2. The average Bonchev–Trinajstić information content (AvgIpc) is 2.89. The zero-order chi connectivity index (χ0) is 19.0. The van der Waals surface area contributed by atoms with E-state index in [9.17, 15) is 9.18 Å². The quantitative estimate of drug-likeness (QED) is 0.615. The summed E-state index contributed by atoms with van der Waals surface area (Å²) in [4.78, 5) is 11.8. The molecule has 0 bridgehead atoms. The van der Waals surface area contributed by atoms with E-state index < -0.39 is 35.6 Å². The van der Waals surface area contributed by atoms with Crippen molar-refractivity contribution in [2.24, 2.45) is 0 Å². The molecule has 2 heterocycles. The van der Waals surface area contributed by atoms with Gasteiger partial charge < -0.3 is 14.0 Å². The second-order valence-electron chi connectivity index (χ2n) is 8.18. The molecule has 1 aromatic rings. The molecule has 0 saturated carbocycles. The number of esters is 1. The standard InChI is InChI=1S/C17H26BFN2O4/c1-15(2,3)23-14(22)11-21-10-12(9-20-21)8-13(19)18-24-16(4,5)17(6,7)25-18/h8-10H,11H2,1-7H3. The predicted molar refractivity (Wildman–Crippen MR) is 93.2 cm³/mol. The van der Waals surface area contributed by atoms with Crippen LogP contribution in [0.15, 0.2) is 18.1 Å².